The van der Waals surface area contributed by atoms with Gasteiger partial charge in [-0.2, -0.15) is 0 Å². The van der Waals surface area contributed by atoms with E-state index in [4.69, 9.17) is 0 Å². The third kappa shape index (κ3) is 1.46. The fourth-order valence-corrected chi connectivity index (χ4v) is 5.81. The lowest BCUT2D eigenvalue weighted by molar-refractivity contribution is -0.125. The summed E-state index contributed by atoms with van der Waals surface area (Å²) in [6.07, 6.45) is 6.39. The summed E-state index contributed by atoms with van der Waals surface area (Å²) < 4.78 is 0. The maximum atomic E-state index is 10.6. The number of rotatable bonds is 0. The topological polar surface area (TPSA) is 40.5 Å². The number of hydrogen-bond acceptors (Lipinski definition) is 2. The van der Waals surface area contributed by atoms with E-state index in [1.54, 1.807) is 0 Å². The summed E-state index contributed by atoms with van der Waals surface area (Å²) in [5.74, 6) is 0.304. The zero-order chi connectivity index (χ0) is 12.5. The monoisotopic (exact) mass is 238 g/mol. The smallest absolute Gasteiger partial charge is 0.0600 e. The van der Waals surface area contributed by atoms with Gasteiger partial charge >= 0.3 is 0 Å². The minimum atomic E-state index is -0.234. The average Bonchev–Trinajstić information content (AvgIpc) is 2.31. The van der Waals surface area contributed by atoms with Crippen molar-refractivity contribution in [1.29, 1.82) is 0 Å². The normalized spacial score (nSPS) is 56.6. The molecular formula is C15H26O2. The Bertz CT molecular complexity index is 338. The molecule has 3 fully saturated rings. The molecule has 3 aliphatic carbocycles. The number of aliphatic hydroxyl groups excluding tert-OH is 2. The molecule has 98 valence electrons. The first-order valence-corrected chi connectivity index (χ1v) is 7.15. The molecule has 3 aliphatic rings. The molecule has 2 nitrogen and oxygen atoms in total. The molecule has 0 aromatic rings. The highest BCUT2D eigenvalue weighted by molar-refractivity contribution is 5.14. The highest BCUT2D eigenvalue weighted by atomic mass is 16.3. The molecule has 0 aromatic carbocycles. The van der Waals surface area contributed by atoms with Gasteiger partial charge in [0.25, 0.3) is 0 Å². The lowest BCUT2D eigenvalue weighted by Gasteiger charge is -2.56. The van der Waals surface area contributed by atoms with Crippen molar-refractivity contribution in [2.24, 2.45) is 22.2 Å². The van der Waals surface area contributed by atoms with Crippen molar-refractivity contribution < 1.29 is 10.2 Å². The maximum Gasteiger partial charge on any atom is 0.0600 e. The van der Waals surface area contributed by atoms with Crippen LogP contribution in [-0.2, 0) is 0 Å². The summed E-state index contributed by atoms with van der Waals surface area (Å²) in [6, 6.07) is 0. The molecule has 3 rings (SSSR count). The van der Waals surface area contributed by atoms with Crippen LogP contribution < -0.4 is 0 Å². The second-order valence-corrected chi connectivity index (χ2v) is 7.99. The molecule has 17 heavy (non-hydrogen) atoms. The summed E-state index contributed by atoms with van der Waals surface area (Å²) >= 11 is 0. The van der Waals surface area contributed by atoms with Gasteiger partial charge in [0.1, 0.15) is 0 Å². The molecule has 0 radical (unpaired) electrons. The lowest BCUT2D eigenvalue weighted by atomic mass is 9.49. The largest absolute Gasteiger partial charge is 0.393 e. The molecule has 2 bridgehead atoms. The molecule has 0 aliphatic heterocycles. The van der Waals surface area contributed by atoms with Crippen LogP contribution in [0.5, 0.6) is 0 Å². The van der Waals surface area contributed by atoms with Gasteiger partial charge in [-0.05, 0) is 54.3 Å². The quantitative estimate of drug-likeness (QED) is 0.681. The average molecular weight is 238 g/mol. The molecule has 0 aromatic heterocycles. The van der Waals surface area contributed by atoms with Crippen LogP contribution in [0.3, 0.4) is 0 Å². The van der Waals surface area contributed by atoms with Crippen LogP contribution in [-0.4, -0.2) is 22.4 Å². The summed E-state index contributed by atoms with van der Waals surface area (Å²) in [4.78, 5) is 0. The number of aliphatic hydroxyl groups is 2. The number of fused-ring (bicyclic) bond motifs is 1. The van der Waals surface area contributed by atoms with E-state index in [-0.39, 0.29) is 23.0 Å². The van der Waals surface area contributed by atoms with Crippen molar-refractivity contribution in [3.63, 3.8) is 0 Å². The first-order valence-electron chi connectivity index (χ1n) is 7.15. The van der Waals surface area contributed by atoms with Crippen molar-refractivity contribution in [2.45, 2.75) is 71.5 Å². The first kappa shape index (κ1) is 12.0. The van der Waals surface area contributed by atoms with Gasteiger partial charge in [-0.1, -0.05) is 27.2 Å². The summed E-state index contributed by atoms with van der Waals surface area (Å²) in [5, 5.41) is 21.0. The summed E-state index contributed by atoms with van der Waals surface area (Å²) in [7, 11) is 0. The minimum Gasteiger partial charge on any atom is -0.393 e. The molecule has 0 heterocycles. The Morgan fingerprint density at radius 3 is 2.41 bits per heavy atom. The van der Waals surface area contributed by atoms with Crippen molar-refractivity contribution in [3.8, 4) is 0 Å². The van der Waals surface area contributed by atoms with Crippen LogP contribution in [0, 0.1) is 22.2 Å². The van der Waals surface area contributed by atoms with Gasteiger partial charge in [-0.15, -0.1) is 0 Å². The van der Waals surface area contributed by atoms with Crippen LogP contribution in [0.15, 0.2) is 0 Å². The molecule has 2 N–H and O–H groups in total. The number of hydrogen-bond donors (Lipinski definition) is 2. The van der Waals surface area contributed by atoms with Gasteiger partial charge < -0.3 is 10.2 Å². The fraction of sp³-hybridized carbons (Fsp3) is 1.00. The van der Waals surface area contributed by atoms with E-state index < -0.39 is 0 Å². The third-order valence-electron chi connectivity index (χ3n) is 6.24. The summed E-state index contributed by atoms with van der Waals surface area (Å²) in [5.41, 5.74) is 0.444. The van der Waals surface area contributed by atoms with Crippen LogP contribution in [0.2, 0.25) is 0 Å². The van der Waals surface area contributed by atoms with Gasteiger partial charge in [0.2, 0.25) is 0 Å². The molecule has 5 atom stereocenters. The molecule has 0 saturated heterocycles. The van der Waals surface area contributed by atoms with Gasteiger partial charge in [-0.25, -0.2) is 0 Å². The fourth-order valence-electron chi connectivity index (χ4n) is 5.81. The third-order valence-corrected chi connectivity index (χ3v) is 6.24. The Balaban J connectivity index is 2.03. The van der Waals surface area contributed by atoms with Gasteiger partial charge in [-0.3, -0.25) is 0 Å². The Kier molecular flexibility index (Phi) is 2.30. The van der Waals surface area contributed by atoms with Crippen LogP contribution >= 0.6 is 0 Å². The van der Waals surface area contributed by atoms with Crippen molar-refractivity contribution in [3.05, 3.63) is 0 Å². The second kappa shape index (κ2) is 3.27. The van der Waals surface area contributed by atoms with E-state index in [1.807, 2.05) is 0 Å². The maximum absolute atomic E-state index is 10.6. The Morgan fingerprint density at radius 2 is 1.71 bits per heavy atom. The second-order valence-electron chi connectivity index (χ2n) is 7.99. The van der Waals surface area contributed by atoms with Crippen molar-refractivity contribution in [2.75, 3.05) is 0 Å². The summed E-state index contributed by atoms with van der Waals surface area (Å²) in [6.45, 7) is 6.64. The molecule has 0 amide bonds. The van der Waals surface area contributed by atoms with Crippen molar-refractivity contribution in [1.82, 2.24) is 0 Å². The van der Waals surface area contributed by atoms with E-state index in [2.05, 4.69) is 20.8 Å². The SMILES string of the molecule is CC1(C)[C@H](O)C[C@]23CCC[C@](C)(C[C@@H](O)[C@@H]12)C3. The van der Waals surface area contributed by atoms with Gasteiger partial charge in [0.05, 0.1) is 12.2 Å². The van der Waals surface area contributed by atoms with Crippen molar-refractivity contribution >= 4 is 0 Å². The minimum absolute atomic E-state index is 0.113. The predicted molar refractivity (Wildman–Crippen MR) is 67.5 cm³/mol. The molecular weight excluding hydrogens is 212 g/mol. The Hall–Kier alpha value is -0.0800. The van der Waals surface area contributed by atoms with E-state index in [0.717, 1.165) is 12.8 Å². The molecule has 1 spiro atoms. The highest BCUT2D eigenvalue weighted by Gasteiger charge is 2.64. The van der Waals surface area contributed by atoms with Crippen LogP contribution in [0.25, 0.3) is 0 Å². The van der Waals surface area contributed by atoms with E-state index in [0.29, 0.717) is 11.3 Å². The van der Waals surface area contributed by atoms with Gasteiger partial charge in [0, 0.05) is 0 Å². The highest BCUT2D eigenvalue weighted by Crippen LogP contribution is 2.68. The van der Waals surface area contributed by atoms with Gasteiger partial charge in [0.15, 0.2) is 0 Å². The molecule has 0 unspecified atom stereocenters. The Morgan fingerprint density at radius 1 is 1.00 bits per heavy atom. The predicted octanol–water partition coefficient (Wildman–Crippen LogP) is 2.72. The molecule has 2 heteroatoms. The van der Waals surface area contributed by atoms with E-state index >= 15 is 0 Å². The Labute approximate surface area is 104 Å². The molecule has 3 saturated carbocycles. The zero-order valence-electron chi connectivity index (χ0n) is 11.4. The van der Waals surface area contributed by atoms with E-state index in [1.165, 1.54) is 25.7 Å². The van der Waals surface area contributed by atoms with Crippen LogP contribution in [0.1, 0.15) is 59.3 Å². The standard InChI is InChI=1S/C15H26O2/c1-13(2)11(17)8-15-6-4-5-14(3,9-15)7-10(16)12(13)15/h10-12,16-17H,4-9H2,1-3H3/t10-,11-,12+,14-,15+/m1/s1. The first-order chi connectivity index (χ1) is 7.79. The lowest BCUT2D eigenvalue weighted by Crippen LogP contribution is -2.52. The zero-order valence-corrected chi connectivity index (χ0v) is 11.4. The van der Waals surface area contributed by atoms with Crippen LogP contribution in [0.4, 0.5) is 0 Å². The van der Waals surface area contributed by atoms with E-state index in [9.17, 15) is 10.2 Å².